The summed E-state index contributed by atoms with van der Waals surface area (Å²) in [6.45, 7) is 2.21. The van der Waals surface area contributed by atoms with Crippen LogP contribution in [0.4, 0.5) is 0 Å². The SMILES string of the molecule is CN1CCC(c2nc(C3(N)CCCC3)no2)CC1.Cl. The molecule has 0 aromatic carbocycles. The summed E-state index contributed by atoms with van der Waals surface area (Å²) in [4.78, 5) is 6.93. The molecule has 1 aliphatic heterocycles. The van der Waals surface area contributed by atoms with Crippen molar-refractivity contribution in [3.05, 3.63) is 11.7 Å². The molecule has 0 radical (unpaired) electrons. The molecule has 3 rings (SSSR count). The third-order valence-electron chi connectivity index (χ3n) is 4.45. The highest BCUT2D eigenvalue weighted by Gasteiger charge is 2.36. The van der Waals surface area contributed by atoms with Gasteiger partial charge in [-0.25, -0.2) is 0 Å². The second-order valence-electron chi connectivity index (χ2n) is 5.90. The van der Waals surface area contributed by atoms with E-state index in [2.05, 4.69) is 22.1 Å². The van der Waals surface area contributed by atoms with E-state index in [9.17, 15) is 0 Å². The summed E-state index contributed by atoms with van der Waals surface area (Å²) in [6.07, 6.45) is 6.54. The maximum atomic E-state index is 6.35. The molecule has 2 heterocycles. The van der Waals surface area contributed by atoms with E-state index in [4.69, 9.17) is 10.3 Å². The average Bonchev–Trinajstić information content (AvgIpc) is 2.99. The summed E-state index contributed by atoms with van der Waals surface area (Å²) in [5.41, 5.74) is 6.03. The van der Waals surface area contributed by atoms with Gasteiger partial charge in [0.2, 0.25) is 5.89 Å². The predicted molar refractivity (Wildman–Crippen MR) is 75.4 cm³/mol. The molecule has 0 bridgehead atoms. The van der Waals surface area contributed by atoms with Crippen LogP contribution in [0.1, 0.15) is 56.2 Å². The van der Waals surface area contributed by atoms with Crippen LogP contribution in [0.15, 0.2) is 4.52 Å². The van der Waals surface area contributed by atoms with Gasteiger partial charge < -0.3 is 15.2 Å². The summed E-state index contributed by atoms with van der Waals surface area (Å²) >= 11 is 0. The quantitative estimate of drug-likeness (QED) is 0.901. The van der Waals surface area contributed by atoms with E-state index in [0.29, 0.717) is 5.92 Å². The van der Waals surface area contributed by atoms with Gasteiger partial charge in [-0.1, -0.05) is 18.0 Å². The molecule has 0 spiro atoms. The van der Waals surface area contributed by atoms with Gasteiger partial charge >= 0.3 is 0 Å². The Morgan fingerprint density at radius 1 is 1.26 bits per heavy atom. The minimum absolute atomic E-state index is 0. The molecule has 5 nitrogen and oxygen atoms in total. The van der Waals surface area contributed by atoms with E-state index >= 15 is 0 Å². The van der Waals surface area contributed by atoms with E-state index in [1.807, 2.05) is 0 Å². The second-order valence-corrected chi connectivity index (χ2v) is 5.90. The number of rotatable bonds is 2. The van der Waals surface area contributed by atoms with E-state index in [1.165, 1.54) is 12.8 Å². The van der Waals surface area contributed by atoms with Gasteiger partial charge in [0.1, 0.15) is 0 Å². The molecule has 0 atom stereocenters. The Morgan fingerprint density at radius 3 is 2.53 bits per heavy atom. The van der Waals surface area contributed by atoms with Crippen LogP contribution < -0.4 is 5.73 Å². The van der Waals surface area contributed by atoms with Crippen molar-refractivity contribution in [2.24, 2.45) is 5.73 Å². The first-order chi connectivity index (χ1) is 8.67. The first kappa shape index (κ1) is 14.8. The summed E-state index contributed by atoms with van der Waals surface area (Å²) in [5.74, 6) is 1.95. The van der Waals surface area contributed by atoms with Gasteiger partial charge in [-0.2, -0.15) is 4.98 Å². The van der Waals surface area contributed by atoms with Crippen LogP contribution >= 0.6 is 12.4 Å². The Balaban J connectivity index is 0.00000133. The zero-order chi connectivity index (χ0) is 12.6. The van der Waals surface area contributed by atoms with Gasteiger partial charge in [0, 0.05) is 5.92 Å². The van der Waals surface area contributed by atoms with Crippen LogP contribution in [0.25, 0.3) is 0 Å². The summed E-state index contributed by atoms with van der Waals surface area (Å²) in [6, 6.07) is 0. The van der Waals surface area contributed by atoms with Crippen LogP contribution in [0.5, 0.6) is 0 Å². The number of piperidine rings is 1. The normalized spacial score (nSPS) is 24.3. The zero-order valence-electron chi connectivity index (χ0n) is 11.5. The molecule has 1 aromatic rings. The van der Waals surface area contributed by atoms with Crippen molar-refractivity contribution in [3.63, 3.8) is 0 Å². The third kappa shape index (κ3) is 2.93. The highest BCUT2D eigenvalue weighted by Crippen LogP contribution is 2.36. The Kier molecular flexibility index (Phi) is 4.48. The molecule has 2 fully saturated rings. The maximum Gasteiger partial charge on any atom is 0.229 e. The molecule has 1 saturated heterocycles. The largest absolute Gasteiger partial charge is 0.339 e. The van der Waals surface area contributed by atoms with Crippen LogP contribution in [0.3, 0.4) is 0 Å². The third-order valence-corrected chi connectivity index (χ3v) is 4.45. The van der Waals surface area contributed by atoms with Crippen LogP contribution in [-0.2, 0) is 5.54 Å². The Hall–Kier alpha value is -0.650. The number of hydrogen-bond acceptors (Lipinski definition) is 5. The number of likely N-dealkylation sites (tertiary alicyclic amines) is 1. The fraction of sp³-hybridized carbons (Fsp3) is 0.846. The maximum absolute atomic E-state index is 6.35. The second kappa shape index (κ2) is 5.77. The number of halogens is 1. The standard InChI is InChI=1S/C13H22N4O.ClH/c1-17-8-4-10(5-9-17)11-15-12(16-18-11)13(14)6-2-3-7-13;/h10H,2-9,14H2,1H3;1H. The van der Waals surface area contributed by atoms with Crippen LogP contribution in [0.2, 0.25) is 0 Å². The van der Waals surface area contributed by atoms with E-state index < -0.39 is 0 Å². The molecule has 108 valence electrons. The summed E-state index contributed by atoms with van der Waals surface area (Å²) < 4.78 is 5.46. The Labute approximate surface area is 120 Å². The molecule has 1 aromatic heterocycles. The average molecular weight is 287 g/mol. The zero-order valence-corrected chi connectivity index (χ0v) is 12.3. The Morgan fingerprint density at radius 2 is 1.89 bits per heavy atom. The Bertz CT molecular complexity index is 409. The number of hydrogen-bond donors (Lipinski definition) is 1. The van der Waals surface area contributed by atoms with Crippen LogP contribution in [0, 0.1) is 0 Å². The number of nitrogens with zero attached hydrogens (tertiary/aromatic N) is 3. The van der Waals surface area contributed by atoms with Gasteiger partial charge in [-0.3, -0.25) is 0 Å². The highest BCUT2D eigenvalue weighted by atomic mass is 35.5. The lowest BCUT2D eigenvalue weighted by Crippen LogP contribution is -2.34. The lowest BCUT2D eigenvalue weighted by atomic mass is 9.96. The predicted octanol–water partition coefficient (Wildman–Crippen LogP) is 2.03. The lowest BCUT2D eigenvalue weighted by molar-refractivity contribution is 0.227. The highest BCUT2D eigenvalue weighted by molar-refractivity contribution is 5.85. The van der Waals surface area contributed by atoms with Crippen molar-refractivity contribution < 1.29 is 4.52 Å². The van der Waals surface area contributed by atoms with Crippen molar-refractivity contribution in [1.29, 1.82) is 0 Å². The van der Waals surface area contributed by atoms with Crippen molar-refractivity contribution >= 4 is 12.4 Å². The topological polar surface area (TPSA) is 68.2 Å². The first-order valence-electron chi connectivity index (χ1n) is 6.99. The molecule has 2 aliphatic rings. The monoisotopic (exact) mass is 286 g/mol. The minimum Gasteiger partial charge on any atom is -0.339 e. The van der Waals surface area contributed by atoms with Crippen molar-refractivity contribution in [1.82, 2.24) is 15.0 Å². The first-order valence-corrected chi connectivity index (χ1v) is 6.99. The van der Waals surface area contributed by atoms with Gasteiger partial charge in [0.25, 0.3) is 0 Å². The van der Waals surface area contributed by atoms with Gasteiger partial charge in [0.05, 0.1) is 5.54 Å². The molecule has 0 amide bonds. The van der Waals surface area contributed by atoms with Crippen LogP contribution in [-0.4, -0.2) is 35.2 Å². The summed E-state index contributed by atoms with van der Waals surface area (Å²) in [5, 5.41) is 4.14. The fourth-order valence-corrected chi connectivity index (χ4v) is 3.09. The van der Waals surface area contributed by atoms with Crippen molar-refractivity contribution in [3.8, 4) is 0 Å². The van der Waals surface area contributed by atoms with Crippen molar-refractivity contribution in [2.75, 3.05) is 20.1 Å². The van der Waals surface area contributed by atoms with Crippen molar-refractivity contribution in [2.45, 2.75) is 50.0 Å². The summed E-state index contributed by atoms with van der Waals surface area (Å²) in [7, 11) is 2.16. The molecule has 1 saturated carbocycles. The molecule has 1 aliphatic carbocycles. The van der Waals surface area contributed by atoms with Gasteiger partial charge in [-0.05, 0) is 45.8 Å². The van der Waals surface area contributed by atoms with E-state index in [0.717, 1.165) is 50.5 Å². The van der Waals surface area contributed by atoms with E-state index in [1.54, 1.807) is 0 Å². The minimum atomic E-state index is -0.326. The number of aromatic nitrogens is 2. The molecular formula is C13H23ClN4O. The molecule has 6 heteroatoms. The van der Waals surface area contributed by atoms with Gasteiger partial charge in [-0.15, -0.1) is 12.4 Å². The van der Waals surface area contributed by atoms with E-state index in [-0.39, 0.29) is 17.9 Å². The number of nitrogens with two attached hydrogens (primary N) is 1. The smallest absolute Gasteiger partial charge is 0.229 e. The molecule has 0 unspecified atom stereocenters. The fourth-order valence-electron chi connectivity index (χ4n) is 3.09. The molecular weight excluding hydrogens is 264 g/mol. The molecule has 19 heavy (non-hydrogen) atoms. The van der Waals surface area contributed by atoms with Gasteiger partial charge in [0.15, 0.2) is 5.82 Å². The lowest BCUT2D eigenvalue weighted by Gasteiger charge is -2.26. The molecule has 2 N–H and O–H groups in total.